The highest BCUT2D eigenvalue weighted by atomic mass is 32.2. The largest absolute Gasteiger partial charge is 0.349 e. The molecular weight excluding hydrogens is 396 g/mol. The molecule has 0 aromatic heterocycles. The van der Waals surface area contributed by atoms with Gasteiger partial charge in [-0.05, 0) is 43.4 Å². The van der Waals surface area contributed by atoms with E-state index < -0.39 is 10.0 Å². The Labute approximate surface area is 179 Å². The average molecular weight is 427 g/mol. The number of benzene rings is 2. The van der Waals surface area contributed by atoms with E-state index in [0.717, 1.165) is 17.5 Å². The van der Waals surface area contributed by atoms with E-state index in [1.54, 1.807) is 6.08 Å². The molecule has 2 aromatic rings. The van der Waals surface area contributed by atoms with Crippen molar-refractivity contribution in [3.63, 3.8) is 0 Å². The molecule has 6 heteroatoms. The van der Waals surface area contributed by atoms with Crippen molar-refractivity contribution >= 4 is 22.0 Å². The summed E-state index contributed by atoms with van der Waals surface area (Å²) in [4.78, 5) is 12.8. The topological polar surface area (TPSA) is 66.5 Å². The molecule has 1 fully saturated rings. The van der Waals surface area contributed by atoms with E-state index in [4.69, 9.17) is 0 Å². The van der Waals surface area contributed by atoms with Gasteiger partial charge < -0.3 is 5.32 Å². The van der Waals surface area contributed by atoms with Crippen molar-refractivity contribution in [3.05, 3.63) is 76.7 Å². The van der Waals surface area contributed by atoms with Crippen LogP contribution in [-0.4, -0.2) is 31.7 Å². The highest BCUT2D eigenvalue weighted by Gasteiger charge is 2.30. The summed E-state index contributed by atoms with van der Waals surface area (Å²) in [6.07, 6.45) is 3.50. The van der Waals surface area contributed by atoms with Crippen molar-refractivity contribution in [2.45, 2.75) is 39.2 Å². The Morgan fingerprint density at radius 1 is 1.10 bits per heavy atom. The van der Waals surface area contributed by atoms with Crippen LogP contribution in [0.3, 0.4) is 0 Å². The molecule has 1 aliphatic rings. The number of carbonyl (C=O) groups is 1. The Bertz CT molecular complexity index is 961. The summed E-state index contributed by atoms with van der Waals surface area (Å²) in [6.45, 7) is 4.82. The summed E-state index contributed by atoms with van der Waals surface area (Å²) in [5.74, 6) is -0.145. The van der Waals surface area contributed by atoms with Crippen molar-refractivity contribution in [2.24, 2.45) is 5.92 Å². The molecule has 1 heterocycles. The quantitative estimate of drug-likeness (QED) is 0.719. The van der Waals surface area contributed by atoms with Gasteiger partial charge in [-0.15, -0.1) is 0 Å². The lowest BCUT2D eigenvalue weighted by Gasteiger charge is -2.30. The van der Waals surface area contributed by atoms with Crippen LogP contribution in [0.1, 0.15) is 48.9 Å². The molecule has 5 nitrogen and oxygen atoms in total. The molecule has 0 unspecified atom stereocenters. The van der Waals surface area contributed by atoms with Gasteiger partial charge in [0.2, 0.25) is 15.9 Å². The standard InChI is InChI=1S/C24H30N2O3S/c1-3-23(21-11-9-19(2)10-12-21)25-24(27)22-13-16-26(17-14-22)30(28,29)18-15-20-7-5-4-6-8-20/h4-12,15,18,22-23H,3,13-14,16-17H2,1-2H3,(H,25,27)/b18-15+/t23-/m1/s1. The van der Waals surface area contributed by atoms with Crippen molar-refractivity contribution in [2.75, 3.05) is 13.1 Å². The number of rotatable bonds is 7. The maximum absolute atomic E-state index is 12.8. The van der Waals surface area contributed by atoms with Gasteiger partial charge in [0.25, 0.3) is 0 Å². The van der Waals surface area contributed by atoms with Crippen LogP contribution in [0, 0.1) is 12.8 Å². The van der Waals surface area contributed by atoms with E-state index in [9.17, 15) is 13.2 Å². The number of nitrogens with one attached hydrogen (secondary N) is 1. The molecule has 0 aliphatic carbocycles. The zero-order valence-corrected chi connectivity index (χ0v) is 18.4. The zero-order chi connectivity index (χ0) is 21.6. The Morgan fingerprint density at radius 2 is 1.73 bits per heavy atom. The molecular formula is C24H30N2O3S. The monoisotopic (exact) mass is 426 g/mol. The number of aryl methyl sites for hydroxylation is 1. The molecule has 2 aromatic carbocycles. The van der Waals surface area contributed by atoms with Crippen LogP contribution in [0.5, 0.6) is 0 Å². The number of piperidine rings is 1. The van der Waals surface area contributed by atoms with Gasteiger partial charge in [-0.1, -0.05) is 67.1 Å². The second-order valence-electron chi connectivity index (χ2n) is 7.81. The number of nitrogens with zero attached hydrogens (tertiary/aromatic N) is 1. The van der Waals surface area contributed by atoms with E-state index in [-0.39, 0.29) is 17.9 Å². The summed E-state index contributed by atoms with van der Waals surface area (Å²) in [6, 6.07) is 17.6. The summed E-state index contributed by atoms with van der Waals surface area (Å²) >= 11 is 0. The van der Waals surface area contributed by atoms with Gasteiger partial charge in [-0.3, -0.25) is 4.79 Å². The molecule has 1 N–H and O–H groups in total. The molecule has 160 valence electrons. The van der Waals surface area contributed by atoms with E-state index in [1.807, 2.05) is 37.3 Å². The third-order valence-electron chi connectivity index (χ3n) is 5.62. The third kappa shape index (κ3) is 5.80. The van der Waals surface area contributed by atoms with Gasteiger partial charge in [0, 0.05) is 24.4 Å². The molecule has 0 radical (unpaired) electrons. The molecule has 1 aliphatic heterocycles. The zero-order valence-electron chi connectivity index (χ0n) is 17.6. The first kappa shape index (κ1) is 22.2. The molecule has 0 spiro atoms. The second-order valence-corrected chi connectivity index (χ2v) is 9.63. The lowest BCUT2D eigenvalue weighted by atomic mass is 9.95. The van der Waals surface area contributed by atoms with Gasteiger partial charge in [-0.2, -0.15) is 4.31 Å². The lowest BCUT2D eigenvalue weighted by molar-refractivity contribution is -0.126. The van der Waals surface area contributed by atoms with Crippen LogP contribution in [0.4, 0.5) is 0 Å². The first-order valence-electron chi connectivity index (χ1n) is 10.5. The maximum atomic E-state index is 12.8. The molecule has 0 bridgehead atoms. The average Bonchev–Trinajstić information content (AvgIpc) is 2.77. The summed E-state index contributed by atoms with van der Waals surface area (Å²) in [5.41, 5.74) is 3.13. The Morgan fingerprint density at radius 3 is 2.33 bits per heavy atom. The first-order chi connectivity index (χ1) is 14.4. The fourth-order valence-electron chi connectivity index (χ4n) is 3.70. The lowest BCUT2D eigenvalue weighted by Crippen LogP contribution is -2.43. The van der Waals surface area contributed by atoms with E-state index in [0.29, 0.717) is 25.9 Å². The normalized spacial score (nSPS) is 17.1. The van der Waals surface area contributed by atoms with Crippen molar-refractivity contribution < 1.29 is 13.2 Å². The predicted molar refractivity (Wildman–Crippen MR) is 121 cm³/mol. The Hall–Kier alpha value is -2.44. The predicted octanol–water partition coefficient (Wildman–Crippen LogP) is 4.28. The van der Waals surface area contributed by atoms with E-state index in [1.165, 1.54) is 15.3 Å². The minimum Gasteiger partial charge on any atom is -0.349 e. The van der Waals surface area contributed by atoms with Crippen molar-refractivity contribution in [3.8, 4) is 0 Å². The molecule has 30 heavy (non-hydrogen) atoms. The van der Waals surface area contributed by atoms with Gasteiger partial charge in [0.15, 0.2) is 0 Å². The smallest absolute Gasteiger partial charge is 0.236 e. The van der Waals surface area contributed by atoms with Crippen LogP contribution < -0.4 is 5.32 Å². The highest BCUT2D eigenvalue weighted by molar-refractivity contribution is 7.92. The summed E-state index contributed by atoms with van der Waals surface area (Å²) in [7, 11) is -3.48. The maximum Gasteiger partial charge on any atom is 0.236 e. The van der Waals surface area contributed by atoms with Crippen LogP contribution in [-0.2, 0) is 14.8 Å². The Balaban J connectivity index is 1.55. The molecule has 1 atom stereocenters. The minimum atomic E-state index is -3.48. The van der Waals surface area contributed by atoms with Crippen LogP contribution in [0.25, 0.3) is 6.08 Å². The molecule has 1 saturated heterocycles. The number of hydrogen-bond donors (Lipinski definition) is 1. The van der Waals surface area contributed by atoms with Gasteiger partial charge >= 0.3 is 0 Å². The van der Waals surface area contributed by atoms with Crippen molar-refractivity contribution in [1.82, 2.24) is 9.62 Å². The molecule has 0 saturated carbocycles. The summed E-state index contributed by atoms with van der Waals surface area (Å²) < 4.78 is 26.7. The third-order valence-corrected chi connectivity index (χ3v) is 7.19. The second kappa shape index (κ2) is 10.0. The SMILES string of the molecule is CC[C@@H](NC(=O)C1CCN(S(=O)(=O)/C=C/c2ccccc2)CC1)c1ccc(C)cc1. The summed E-state index contributed by atoms with van der Waals surface area (Å²) in [5, 5.41) is 4.41. The van der Waals surface area contributed by atoms with E-state index >= 15 is 0 Å². The highest BCUT2D eigenvalue weighted by Crippen LogP contribution is 2.23. The van der Waals surface area contributed by atoms with Crippen molar-refractivity contribution in [1.29, 1.82) is 0 Å². The number of amides is 1. The molecule has 3 rings (SSSR count). The number of hydrogen-bond acceptors (Lipinski definition) is 3. The Kier molecular flexibility index (Phi) is 7.45. The minimum absolute atomic E-state index is 0.0132. The number of carbonyl (C=O) groups excluding carboxylic acids is 1. The first-order valence-corrected chi connectivity index (χ1v) is 12.0. The molecule has 1 amide bonds. The van der Waals surface area contributed by atoms with Crippen LogP contribution >= 0.6 is 0 Å². The van der Waals surface area contributed by atoms with Gasteiger partial charge in [-0.25, -0.2) is 8.42 Å². The van der Waals surface area contributed by atoms with Gasteiger partial charge in [0.1, 0.15) is 0 Å². The van der Waals surface area contributed by atoms with E-state index in [2.05, 4.69) is 36.5 Å². The van der Waals surface area contributed by atoms with Crippen LogP contribution in [0.15, 0.2) is 60.0 Å². The fraction of sp³-hybridized carbons (Fsp3) is 0.375. The number of sulfonamides is 1. The van der Waals surface area contributed by atoms with Crippen LogP contribution in [0.2, 0.25) is 0 Å². The van der Waals surface area contributed by atoms with Gasteiger partial charge in [0.05, 0.1) is 6.04 Å². The fourth-order valence-corrected chi connectivity index (χ4v) is 4.92.